The third-order valence-electron chi connectivity index (χ3n) is 1.06. The van der Waals surface area contributed by atoms with Crippen molar-refractivity contribution in [1.82, 2.24) is 0 Å². The van der Waals surface area contributed by atoms with Crippen molar-refractivity contribution >= 4 is 0 Å². The molecule has 0 aromatic heterocycles. The van der Waals surface area contributed by atoms with Crippen LogP contribution >= 0.6 is 0 Å². The van der Waals surface area contributed by atoms with Crippen LogP contribution in [0.1, 0.15) is 20.3 Å². The highest BCUT2D eigenvalue weighted by molar-refractivity contribution is 4.37. The van der Waals surface area contributed by atoms with Gasteiger partial charge in [-0.2, -0.15) is 0 Å². The van der Waals surface area contributed by atoms with Gasteiger partial charge >= 0.3 is 0 Å². The number of hydroxylamine groups is 1. The molecule has 0 saturated carbocycles. The van der Waals surface area contributed by atoms with Crippen LogP contribution in [0.25, 0.3) is 0 Å². The fourth-order valence-corrected chi connectivity index (χ4v) is 0.244. The first-order valence-electron chi connectivity index (χ1n) is 2.53. The predicted octanol–water partition coefficient (Wildman–Crippen LogP) is 1.14. The molecule has 1 atom stereocenters. The lowest BCUT2D eigenvalue weighted by Crippen LogP contribution is -2.13. The average molecular weight is 118 g/mol. The molecule has 0 saturated heterocycles. The topological polar surface area (TPSA) is 58.7 Å². The van der Waals surface area contributed by atoms with E-state index in [4.69, 9.17) is 5.21 Å². The molecule has 0 heterocycles. The van der Waals surface area contributed by atoms with Crippen LogP contribution in [0.15, 0.2) is 5.28 Å². The Morgan fingerprint density at radius 2 is 2.38 bits per heavy atom. The molecule has 48 valence electrons. The summed E-state index contributed by atoms with van der Waals surface area (Å²) in [5, 5.41) is 20.6. The Kier molecular flexibility index (Phi) is 2.91. The molecular weight excluding hydrogens is 108 g/mol. The Morgan fingerprint density at radius 1 is 1.88 bits per heavy atom. The van der Waals surface area contributed by atoms with E-state index in [1.54, 1.807) is 6.92 Å². The highest BCUT2D eigenvalue weighted by atomic mass is 16.6. The van der Waals surface area contributed by atoms with Gasteiger partial charge in [-0.3, -0.25) is 0 Å². The largest absolute Gasteiger partial charge is 0.597 e. The van der Waals surface area contributed by atoms with E-state index in [0.29, 0.717) is 6.42 Å². The zero-order valence-electron chi connectivity index (χ0n) is 5.03. The molecule has 0 aliphatic rings. The third-order valence-corrected chi connectivity index (χ3v) is 1.06. The minimum Gasteiger partial charge on any atom is -0.597 e. The van der Waals surface area contributed by atoms with Gasteiger partial charge in [0.25, 0.3) is 0 Å². The molecule has 0 aromatic rings. The van der Waals surface area contributed by atoms with Crippen molar-refractivity contribution in [2.24, 2.45) is 5.28 Å². The third kappa shape index (κ3) is 1.77. The van der Waals surface area contributed by atoms with Crippen molar-refractivity contribution in [3.8, 4) is 0 Å². The van der Waals surface area contributed by atoms with E-state index in [-0.39, 0.29) is 10.9 Å². The van der Waals surface area contributed by atoms with Crippen molar-refractivity contribution in [1.29, 1.82) is 0 Å². The Balaban J connectivity index is 3.63. The van der Waals surface area contributed by atoms with Crippen molar-refractivity contribution in [2.75, 3.05) is 0 Å². The lowest BCUT2D eigenvalue weighted by molar-refractivity contribution is -0.588. The summed E-state index contributed by atoms with van der Waals surface area (Å²) < 4.78 is 0. The second-order valence-corrected chi connectivity index (χ2v) is 1.65. The Labute approximate surface area is 48.0 Å². The van der Waals surface area contributed by atoms with Crippen LogP contribution in [-0.4, -0.2) is 16.1 Å². The molecule has 0 radical (unpaired) electrons. The summed E-state index contributed by atoms with van der Waals surface area (Å²) in [6.07, 6.45) is 0.688. The Bertz CT molecular complexity index is 92.0. The number of hydrogen-bond acceptors (Lipinski definition) is 2. The van der Waals surface area contributed by atoms with Crippen LogP contribution in [0, 0.1) is 5.21 Å². The van der Waals surface area contributed by atoms with Crippen molar-refractivity contribution < 1.29 is 10.1 Å². The molecule has 1 unspecified atom stereocenters. The van der Waals surface area contributed by atoms with Gasteiger partial charge < -0.3 is 10.4 Å². The van der Waals surface area contributed by atoms with E-state index >= 15 is 0 Å². The van der Waals surface area contributed by atoms with Gasteiger partial charge in [-0.05, 0) is 0 Å². The maximum atomic E-state index is 10.2. The van der Waals surface area contributed by atoms with Crippen molar-refractivity contribution in [2.45, 2.75) is 26.3 Å². The molecule has 0 aliphatic heterocycles. The van der Waals surface area contributed by atoms with Crippen LogP contribution in [0.3, 0.4) is 0 Å². The zero-order valence-corrected chi connectivity index (χ0v) is 5.03. The zero-order chi connectivity index (χ0) is 6.57. The maximum Gasteiger partial charge on any atom is 0.197 e. The first-order chi connectivity index (χ1) is 3.72. The van der Waals surface area contributed by atoms with Gasteiger partial charge in [-0.15, -0.1) is 0 Å². The molecule has 0 aromatic carbocycles. The molecule has 8 heavy (non-hydrogen) atoms. The highest BCUT2D eigenvalue weighted by Crippen LogP contribution is 1.93. The van der Waals surface area contributed by atoms with Gasteiger partial charge in [-0.1, -0.05) is 11.8 Å². The summed E-state index contributed by atoms with van der Waals surface area (Å²) in [5.41, 5.74) is 0. The number of nitrogens with zero attached hydrogens (tertiary/aromatic N) is 2. The molecule has 0 aliphatic carbocycles. The van der Waals surface area contributed by atoms with Gasteiger partial charge in [-0.25, -0.2) is 0 Å². The van der Waals surface area contributed by atoms with Crippen LogP contribution < -0.4 is 0 Å². The lowest BCUT2D eigenvalue weighted by Gasteiger charge is -2.02. The smallest absolute Gasteiger partial charge is 0.197 e. The second-order valence-electron chi connectivity index (χ2n) is 1.65. The van der Waals surface area contributed by atoms with Crippen LogP contribution in [0.5, 0.6) is 0 Å². The van der Waals surface area contributed by atoms with Gasteiger partial charge in [0.2, 0.25) is 0 Å². The molecule has 0 amide bonds. The summed E-state index contributed by atoms with van der Waals surface area (Å²) >= 11 is 0. The molecule has 4 heteroatoms. The van der Waals surface area contributed by atoms with Crippen molar-refractivity contribution in [3.05, 3.63) is 5.21 Å². The van der Waals surface area contributed by atoms with E-state index in [0.717, 1.165) is 0 Å². The lowest BCUT2D eigenvalue weighted by atomic mass is 10.3. The molecule has 0 rings (SSSR count). The minimum atomic E-state index is -0.222. The minimum absolute atomic E-state index is 0.222. The summed E-state index contributed by atoms with van der Waals surface area (Å²) in [6.45, 7) is 3.54. The summed E-state index contributed by atoms with van der Waals surface area (Å²) in [5.74, 6) is 0. The van der Waals surface area contributed by atoms with Gasteiger partial charge in [0.05, 0.1) is 0 Å². The van der Waals surface area contributed by atoms with Gasteiger partial charge in [0, 0.05) is 13.3 Å². The van der Waals surface area contributed by atoms with Crippen LogP contribution in [0.2, 0.25) is 0 Å². The summed E-state index contributed by atoms with van der Waals surface area (Å²) in [7, 11) is 0. The molecular formula is C4H10N2O2. The average Bonchev–Trinajstić information content (AvgIpc) is 1.84. The van der Waals surface area contributed by atoms with Gasteiger partial charge in [0.1, 0.15) is 0 Å². The summed E-state index contributed by atoms with van der Waals surface area (Å²) in [6, 6.07) is -0.222. The van der Waals surface area contributed by atoms with E-state index in [1.165, 1.54) is 0 Å². The first kappa shape index (κ1) is 7.20. The van der Waals surface area contributed by atoms with E-state index < -0.39 is 0 Å². The molecule has 4 nitrogen and oxygen atoms in total. The van der Waals surface area contributed by atoms with Gasteiger partial charge in [0.15, 0.2) is 11.3 Å². The van der Waals surface area contributed by atoms with E-state index in [1.807, 2.05) is 6.92 Å². The standard InChI is InChI=1S/C4H10N2O2/c1-3-4(2)6(8)5-7/h4,7H,3H2,1-2H3/b6-5+. The summed E-state index contributed by atoms with van der Waals surface area (Å²) in [4.78, 5) is 0.278. The predicted molar refractivity (Wildman–Crippen MR) is 27.6 cm³/mol. The Morgan fingerprint density at radius 3 is 2.50 bits per heavy atom. The monoisotopic (exact) mass is 118 g/mol. The second kappa shape index (κ2) is 3.23. The van der Waals surface area contributed by atoms with E-state index in [9.17, 15) is 5.21 Å². The maximum absolute atomic E-state index is 10.2. The number of hydrogen-bond donors (Lipinski definition) is 1. The molecule has 0 spiro atoms. The first-order valence-corrected chi connectivity index (χ1v) is 2.53. The number of rotatable bonds is 2. The molecule has 0 bridgehead atoms. The highest BCUT2D eigenvalue weighted by Gasteiger charge is 2.05. The molecule has 1 N–H and O–H groups in total. The normalized spacial score (nSPS) is 16.0. The van der Waals surface area contributed by atoms with Crippen molar-refractivity contribution in [3.63, 3.8) is 0 Å². The van der Waals surface area contributed by atoms with E-state index in [2.05, 4.69) is 5.28 Å². The molecule has 0 fully saturated rings. The quantitative estimate of drug-likeness (QED) is 0.335. The van der Waals surface area contributed by atoms with Crippen LogP contribution in [-0.2, 0) is 0 Å². The fourth-order valence-electron chi connectivity index (χ4n) is 0.244. The fraction of sp³-hybridized carbons (Fsp3) is 1.00. The van der Waals surface area contributed by atoms with Crippen LogP contribution in [0.4, 0.5) is 0 Å². The SMILES string of the molecule is CCC(C)/[N+]([O-])=N\O. The Hall–Kier alpha value is -0.800.